The van der Waals surface area contributed by atoms with Crippen molar-refractivity contribution in [2.75, 3.05) is 6.54 Å². The van der Waals surface area contributed by atoms with Gasteiger partial charge in [-0.3, -0.25) is 14.9 Å². The Balaban J connectivity index is 1.46. The summed E-state index contributed by atoms with van der Waals surface area (Å²) in [4.78, 5) is 23.1. The number of unbranched alkanes of at least 4 members (excludes halogenated alkanes) is 15. The zero-order valence-corrected chi connectivity index (χ0v) is 23.6. The number of carbonyl (C=O) groups is 1. The average molecular weight is 529 g/mol. The summed E-state index contributed by atoms with van der Waals surface area (Å²) in [5, 5.41) is 14.1. The smallest absolute Gasteiger partial charge is 0.311 e. The van der Waals surface area contributed by atoms with Crippen molar-refractivity contribution in [1.82, 2.24) is 5.32 Å². The molecule has 1 heterocycles. The van der Waals surface area contributed by atoms with Gasteiger partial charge in [0, 0.05) is 12.6 Å². The molecule has 212 valence electrons. The van der Waals surface area contributed by atoms with Gasteiger partial charge in [-0.15, -0.1) is 0 Å². The number of nitrogens with zero attached hydrogens (tertiary/aromatic N) is 1. The molecule has 7 nitrogen and oxygen atoms in total. The Labute approximate surface area is 228 Å². The van der Waals surface area contributed by atoms with E-state index in [1.165, 1.54) is 96.0 Å². The van der Waals surface area contributed by atoms with Crippen LogP contribution < -0.4 is 10.1 Å². The summed E-state index contributed by atoms with van der Waals surface area (Å²) in [7, 11) is 0. The minimum absolute atomic E-state index is 0.0102. The lowest BCUT2D eigenvalue weighted by Crippen LogP contribution is -2.23. The summed E-state index contributed by atoms with van der Waals surface area (Å²) in [5.41, 5.74) is 0.693. The molecule has 7 heteroatoms. The first-order valence-electron chi connectivity index (χ1n) is 14.8. The first-order chi connectivity index (χ1) is 18.5. The van der Waals surface area contributed by atoms with Gasteiger partial charge in [-0.2, -0.15) is 0 Å². The maximum atomic E-state index is 12.3. The third kappa shape index (κ3) is 13.1. The summed E-state index contributed by atoms with van der Waals surface area (Å²) < 4.78 is 11.1. The summed E-state index contributed by atoms with van der Waals surface area (Å²) in [6.07, 6.45) is 21.1. The number of nitro groups is 1. The third-order valence-corrected chi connectivity index (χ3v) is 6.88. The molecule has 0 unspecified atom stereocenters. The van der Waals surface area contributed by atoms with Crippen LogP contribution in [0.25, 0.3) is 0 Å². The van der Waals surface area contributed by atoms with E-state index in [2.05, 4.69) is 12.2 Å². The number of nitro benzene ring substituents is 1. The van der Waals surface area contributed by atoms with Crippen molar-refractivity contribution in [2.24, 2.45) is 0 Å². The molecule has 0 saturated carbocycles. The highest BCUT2D eigenvalue weighted by atomic mass is 16.6. The molecular weight excluding hydrogens is 480 g/mol. The molecule has 0 aliphatic heterocycles. The van der Waals surface area contributed by atoms with Crippen LogP contribution in [-0.4, -0.2) is 17.4 Å². The average Bonchev–Trinajstić information content (AvgIpc) is 3.39. The number of rotatable bonds is 22. The van der Waals surface area contributed by atoms with E-state index in [1.807, 2.05) is 0 Å². The van der Waals surface area contributed by atoms with Crippen LogP contribution in [0, 0.1) is 17.0 Å². The molecule has 0 aliphatic rings. The van der Waals surface area contributed by atoms with E-state index in [0.29, 0.717) is 12.3 Å². The van der Waals surface area contributed by atoms with Crippen LogP contribution in [-0.2, 0) is 6.61 Å². The van der Waals surface area contributed by atoms with Crippen LogP contribution in [0.5, 0.6) is 5.75 Å². The normalized spacial score (nSPS) is 11.0. The SMILES string of the molecule is CCCCCCCCCCCCCCCCCCNC(=O)c1ccc(COc2ccc(C)cc2[N+](=O)[O-])o1. The Morgan fingerprint density at radius 2 is 1.39 bits per heavy atom. The molecule has 2 aromatic rings. The maximum absolute atomic E-state index is 12.3. The molecular formula is C31H48N2O5. The number of ether oxygens (including phenoxy) is 1. The topological polar surface area (TPSA) is 94.6 Å². The first-order valence-corrected chi connectivity index (χ1v) is 14.8. The number of benzene rings is 1. The van der Waals surface area contributed by atoms with Crippen molar-refractivity contribution >= 4 is 11.6 Å². The Bertz CT molecular complexity index is 940. The number of nitrogens with one attached hydrogen (secondary N) is 1. The third-order valence-electron chi connectivity index (χ3n) is 6.88. The highest BCUT2D eigenvalue weighted by molar-refractivity contribution is 5.91. The lowest BCUT2D eigenvalue weighted by molar-refractivity contribution is -0.386. The zero-order valence-electron chi connectivity index (χ0n) is 23.6. The molecule has 1 amide bonds. The number of carbonyl (C=O) groups excluding carboxylic acids is 1. The molecule has 1 aromatic heterocycles. The summed E-state index contributed by atoms with van der Waals surface area (Å²) in [6.45, 7) is 4.69. The van der Waals surface area contributed by atoms with Crippen molar-refractivity contribution < 1.29 is 18.9 Å². The van der Waals surface area contributed by atoms with Crippen LogP contribution in [0.1, 0.15) is 132 Å². The fourth-order valence-electron chi connectivity index (χ4n) is 4.58. The van der Waals surface area contributed by atoms with Gasteiger partial charge in [0.2, 0.25) is 0 Å². The molecule has 1 N–H and O–H groups in total. The Morgan fingerprint density at radius 1 is 0.842 bits per heavy atom. The highest BCUT2D eigenvalue weighted by Crippen LogP contribution is 2.28. The quantitative estimate of drug-likeness (QED) is 0.0934. The summed E-state index contributed by atoms with van der Waals surface area (Å²) in [5.74, 6) is 0.580. The molecule has 2 rings (SSSR count). The maximum Gasteiger partial charge on any atom is 0.311 e. The van der Waals surface area contributed by atoms with Gasteiger partial charge in [0.1, 0.15) is 12.4 Å². The zero-order chi connectivity index (χ0) is 27.4. The lowest BCUT2D eigenvalue weighted by atomic mass is 10.0. The van der Waals surface area contributed by atoms with E-state index >= 15 is 0 Å². The van der Waals surface area contributed by atoms with Crippen molar-refractivity contribution in [3.05, 3.63) is 57.5 Å². The van der Waals surface area contributed by atoms with Gasteiger partial charge in [0.25, 0.3) is 5.91 Å². The number of furan rings is 1. The van der Waals surface area contributed by atoms with Crippen LogP contribution in [0.2, 0.25) is 0 Å². The summed E-state index contributed by atoms with van der Waals surface area (Å²) in [6, 6.07) is 8.05. The van der Waals surface area contributed by atoms with Gasteiger partial charge in [-0.05, 0) is 37.1 Å². The number of aryl methyl sites for hydroxylation is 1. The van der Waals surface area contributed by atoms with E-state index in [9.17, 15) is 14.9 Å². The molecule has 0 spiro atoms. The van der Waals surface area contributed by atoms with Crippen molar-refractivity contribution in [3.63, 3.8) is 0 Å². The Kier molecular flexibility index (Phi) is 15.9. The molecule has 0 atom stereocenters. The van der Waals surface area contributed by atoms with E-state index < -0.39 is 4.92 Å². The van der Waals surface area contributed by atoms with Gasteiger partial charge in [0.15, 0.2) is 11.5 Å². The lowest BCUT2D eigenvalue weighted by Gasteiger charge is -2.06. The van der Waals surface area contributed by atoms with Crippen molar-refractivity contribution in [1.29, 1.82) is 0 Å². The van der Waals surface area contributed by atoms with Crippen LogP contribution in [0.15, 0.2) is 34.7 Å². The fourth-order valence-corrected chi connectivity index (χ4v) is 4.58. The monoisotopic (exact) mass is 528 g/mol. The Morgan fingerprint density at radius 3 is 1.95 bits per heavy atom. The van der Waals surface area contributed by atoms with Crippen LogP contribution in [0.3, 0.4) is 0 Å². The number of hydrogen-bond acceptors (Lipinski definition) is 5. The van der Waals surface area contributed by atoms with E-state index in [1.54, 1.807) is 31.2 Å². The molecule has 0 aliphatic carbocycles. The predicted octanol–water partition coefficient (Wildman–Crippen LogP) is 9.07. The predicted molar refractivity (Wildman–Crippen MR) is 153 cm³/mol. The molecule has 0 radical (unpaired) electrons. The summed E-state index contributed by atoms with van der Waals surface area (Å²) >= 11 is 0. The van der Waals surface area contributed by atoms with Crippen molar-refractivity contribution in [3.8, 4) is 5.75 Å². The standard InChI is InChI=1S/C31H48N2O5/c1-3-4-5-6-7-8-9-10-11-12-13-14-15-16-17-18-23-32-31(34)30-22-20-27(38-30)25-37-29-21-19-26(2)24-28(29)33(35)36/h19-22,24H,3-18,23,25H2,1-2H3,(H,32,34). The van der Waals surface area contributed by atoms with Gasteiger partial charge >= 0.3 is 5.69 Å². The van der Waals surface area contributed by atoms with Gasteiger partial charge in [-0.1, -0.05) is 109 Å². The van der Waals surface area contributed by atoms with E-state index in [-0.39, 0.29) is 29.7 Å². The van der Waals surface area contributed by atoms with Crippen LogP contribution in [0.4, 0.5) is 5.69 Å². The number of amides is 1. The molecule has 38 heavy (non-hydrogen) atoms. The fraction of sp³-hybridized carbons (Fsp3) is 0.645. The largest absolute Gasteiger partial charge is 0.479 e. The van der Waals surface area contributed by atoms with Crippen LogP contribution >= 0.6 is 0 Å². The van der Waals surface area contributed by atoms with Crippen molar-refractivity contribution in [2.45, 2.75) is 123 Å². The Hall–Kier alpha value is -2.83. The molecule has 1 aromatic carbocycles. The molecule has 0 bridgehead atoms. The first kappa shape index (κ1) is 31.4. The highest BCUT2D eigenvalue weighted by Gasteiger charge is 2.16. The number of hydrogen-bond donors (Lipinski definition) is 1. The molecule has 0 saturated heterocycles. The molecule has 0 fully saturated rings. The van der Waals surface area contributed by atoms with E-state index in [4.69, 9.17) is 9.15 Å². The second-order valence-electron chi connectivity index (χ2n) is 10.3. The second kappa shape index (κ2) is 19.3. The van der Waals surface area contributed by atoms with Gasteiger partial charge in [-0.25, -0.2) is 0 Å². The minimum atomic E-state index is -0.470. The second-order valence-corrected chi connectivity index (χ2v) is 10.3. The van der Waals surface area contributed by atoms with Gasteiger partial charge < -0.3 is 14.5 Å². The minimum Gasteiger partial charge on any atom is -0.479 e. The van der Waals surface area contributed by atoms with E-state index in [0.717, 1.165) is 18.4 Å². The van der Waals surface area contributed by atoms with Gasteiger partial charge in [0.05, 0.1) is 4.92 Å².